The van der Waals surface area contributed by atoms with Crippen LogP contribution in [0.5, 0.6) is 0 Å². The number of aromatic amines is 2. The molecule has 0 fully saturated rings. The SMILES string of the molecule is CCOC(=O)CCC1=C(C)c2cc3[nH]c(cc4[nH]c(cc5nc(cc1n2)C(CCC(=O)OCC)=C5C)c(C)c4CCC(=O)OCC)c(CCC(=O)O)c3C. The third-order valence-corrected chi connectivity index (χ3v) is 10.0. The van der Waals surface area contributed by atoms with E-state index < -0.39 is 5.97 Å². The number of nitrogens with one attached hydrogen (secondary N) is 2. The van der Waals surface area contributed by atoms with Gasteiger partial charge < -0.3 is 29.3 Å². The number of aryl methyl sites for hydroxylation is 4. The second-order valence-corrected chi connectivity index (χ2v) is 13.5. The Kier molecular flexibility index (Phi) is 12.9. The zero-order valence-corrected chi connectivity index (χ0v) is 32.3. The standard InChI is InChI=1S/C42H50N4O8/c1-8-52-40(49)16-12-28-24(5)33-20-34-26(7)30(14-18-42(51)54-10-3)38(46-34)22-37-29(13-17-41(50)53-9-2)25(6)32(45-37)19-31-23(4)27(11-15-39(47)48)35(43-31)21-36(28)44-33/h19-22,43-44H,8-18H2,1-7H3,(H,47,48). The van der Waals surface area contributed by atoms with E-state index in [1.807, 2.05) is 52.0 Å². The van der Waals surface area contributed by atoms with Crippen LogP contribution in [0.15, 0.2) is 24.3 Å². The molecule has 12 heteroatoms. The molecule has 0 radical (unpaired) electrons. The van der Waals surface area contributed by atoms with Gasteiger partial charge in [-0.1, -0.05) is 0 Å². The van der Waals surface area contributed by atoms with Gasteiger partial charge in [0.05, 0.1) is 42.6 Å². The fourth-order valence-electron chi connectivity index (χ4n) is 7.10. The molecular weight excluding hydrogens is 688 g/mol. The van der Waals surface area contributed by atoms with Crippen molar-refractivity contribution in [2.45, 2.75) is 99.8 Å². The van der Waals surface area contributed by atoms with Crippen molar-refractivity contribution in [2.75, 3.05) is 19.8 Å². The Hall–Kier alpha value is -5.52. The number of carbonyl (C=O) groups is 4. The number of hydrogen-bond donors (Lipinski definition) is 3. The van der Waals surface area contributed by atoms with Gasteiger partial charge >= 0.3 is 23.9 Å². The number of carboxylic acid groups (broad SMARTS) is 1. The first-order valence-corrected chi connectivity index (χ1v) is 18.7. The van der Waals surface area contributed by atoms with Crippen LogP contribution in [0.25, 0.3) is 44.4 Å². The van der Waals surface area contributed by atoms with Gasteiger partial charge in [0.1, 0.15) is 0 Å². The molecule has 54 heavy (non-hydrogen) atoms. The van der Waals surface area contributed by atoms with E-state index in [2.05, 4.69) is 9.97 Å². The molecule has 0 spiro atoms. The average Bonchev–Trinajstić information content (AvgIpc) is 3.78. The third-order valence-electron chi connectivity index (χ3n) is 10.0. The molecule has 286 valence electrons. The highest BCUT2D eigenvalue weighted by atomic mass is 16.5. The Morgan fingerprint density at radius 3 is 1.31 bits per heavy atom. The number of aromatic nitrogens is 4. The molecule has 5 rings (SSSR count). The summed E-state index contributed by atoms with van der Waals surface area (Å²) in [7, 11) is 0. The maximum absolute atomic E-state index is 12.5. The van der Waals surface area contributed by atoms with Crippen LogP contribution < -0.4 is 0 Å². The molecule has 0 saturated heterocycles. The summed E-state index contributed by atoms with van der Waals surface area (Å²) in [5, 5.41) is 9.63. The fraction of sp³-hybridized carbons (Fsp3) is 0.429. The number of nitrogens with zero attached hydrogens (tertiary/aromatic N) is 2. The molecule has 0 atom stereocenters. The van der Waals surface area contributed by atoms with E-state index in [1.165, 1.54) is 0 Å². The number of fused-ring (bicyclic) bond motifs is 8. The smallest absolute Gasteiger partial charge is 0.306 e. The minimum atomic E-state index is -0.897. The summed E-state index contributed by atoms with van der Waals surface area (Å²) in [5.74, 6) is -1.78. The topological polar surface area (TPSA) is 174 Å². The maximum atomic E-state index is 12.5. The van der Waals surface area contributed by atoms with Crippen LogP contribution in [0.1, 0.15) is 118 Å². The number of esters is 3. The van der Waals surface area contributed by atoms with Gasteiger partial charge in [0.25, 0.3) is 0 Å². The summed E-state index contributed by atoms with van der Waals surface area (Å²) in [5.41, 5.74) is 13.1. The summed E-state index contributed by atoms with van der Waals surface area (Å²) in [6.07, 6.45) is 2.04. The lowest BCUT2D eigenvalue weighted by Gasteiger charge is -2.07. The molecule has 2 aliphatic rings. The van der Waals surface area contributed by atoms with Crippen molar-refractivity contribution in [3.8, 4) is 0 Å². The monoisotopic (exact) mass is 738 g/mol. The van der Waals surface area contributed by atoms with Crippen molar-refractivity contribution in [3.63, 3.8) is 0 Å². The zero-order valence-electron chi connectivity index (χ0n) is 32.3. The predicted octanol–water partition coefficient (Wildman–Crippen LogP) is 7.99. The van der Waals surface area contributed by atoms with Crippen LogP contribution in [-0.2, 0) is 46.2 Å². The molecule has 3 N–H and O–H groups in total. The van der Waals surface area contributed by atoms with Crippen LogP contribution >= 0.6 is 0 Å². The molecule has 8 bridgehead atoms. The largest absolute Gasteiger partial charge is 0.481 e. The lowest BCUT2D eigenvalue weighted by atomic mass is 9.98. The number of carboxylic acids is 1. The quantitative estimate of drug-likeness (QED) is 0.102. The van der Waals surface area contributed by atoms with Crippen molar-refractivity contribution in [1.29, 1.82) is 0 Å². The molecule has 2 aliphatic heterocycles. The van der Waals surface area contributed by atoms with Crippen molar-refractivity contribution in [2.24, 2.45) is 0 Å². The molecule has 0 saturated carbocycles. The van der Waals surface area contributed by atoms with Gasteiger partial charge in [-0.25, -0.2) is 9.97 Å². The summed E-state index contributed by atoms with van der Waals surface area (Å²) in [4.78, 5) is 66.6. The van der Waals surface area contributed by atoms with Crippen LogP contribution in [0.2, 0.25) is 0 Å². The molecular formula is C42H50N4O8. The number of allylic oxidation sites excluding steroid dienone is 4. The summed E-state index contributed by atoms with van der Waals surface area (Å²) < 4.78 is 15.7. The molecule has 0 amide bonds. The Morgan fingerprint density at radius 2 is 0.926 bits per heavy atom. The average molecular weight is 739 g/mol. The van der Waals surface area contributed by atoms with Gasteiger partial charge in [-0.15, -0.1) is 0 Å². The first-order valence-electron chi connectivity index (χ1n) is 18.7. The summed E-state index contributed by atoms with van der Waals surface area (Å²) >= 11 is 0. The third kappa shape index (κ3) is 8.98. The van der Waals surface area contributed by atoms with Crippen molar-refractivity contribution in [3.05, 3.63) is 69.3 Å². The Bertz CT molecular complexity index is 2200. The minimum Gasteiger partial charge on any atom is -0.481 e. The van der Waals surface area contributed by atoms with E-state index in [-0.39, 0.29) is 43.6 Å². The van der Waals surface area contributed by atoms with Crippen LogP contribution in [0, 0.1) is 13.8 Å². The molecule has 3 aromatic heterocycles. The molecule has 0 unspecified atom stereocenters. The van der Waals surface area contributed by atoms with Gasteiger partial charge in [0, 0.05) is 47.8 Å². The molecule has 5 heterocycles. The summed E-state index contributed by atoms with van der Waals surface area (Å²) in [6.45, 7) is 14.1. The fourth-order valence-corrected chi connectivity index (χ4v) is 7.10. The van der Waals surface area contributed by atoms with Crippen molar-refractivity contribution < 1.29 is 38.5 Å². The normalized spacial score (nSPS) is 12.6. The number of rotatable bonds is 15. The first-order chi connectivity index (χ1) is 25.8. The van der Waals surface area contributed by atoms with E-state index in [0.29, 0.717) is 68.3 Å². The highest BCUT2D eigenvalue weighted by molar-refractivity contribution is 5.96. The maximum Gasteiger partial charge on any atom is 0.306 e. The van der Waals surface area contributed by atoms with E-state index >= 15 is 0 Å². The number of H-pyrrole nitrogens is 2. The van der Waals surface area contributed by atoms with Crippen molar-refractivity contribution in [1.82, 2.24) is 19.9 Å². The molecule has 0 aromatic carbocycles. The van der Waals surface area contributed by atoms with Crippen LogP contribution in [0.4, 0.5) is 0 Å². The van der Waals surface area contributed by atoms with Crippen LogP contribution in [-0.4, -0.2) is 68.7 Å². The molecule has 0 aliphatic carbocycles. The van der Waals surface area contributed by atoms with E-state index in [9.17, 15) is 24.3 Å². The minimum absolute atomic E-state index is 0.0508. The highest BCUT2D eigenvalue weighted by Crippen LogP contribution is 2.38. The Morgan fingerprint density at radius 1 is 0.537 bits per heavy atom. The zero-order chi connectivity index (χ0) is 39.1. The van der Waals surface area contributed by atoms with E-state index in [1.54, 1.807) is 20.8 Å². The van der Waals surface area contributed by atoms with Crippen LogP contribution in [0.3, 0.4) is 0 Å². The number of hydrogen-bond acceptors (Lipinski definition) is 9. The van der Waals surface area contributed by atoms with Gasteiger partial charge in [-0.05, 0) is 143 Å². The van der Waals surface area contributed by atoms with Gasteiger partial charge in [-0.3, -0.25) is 19.2 Å². The first kappa shape index (κ1) is 39.7. The van der Waals surface area contributed by atoms with Crippen molar-refractivity contribution >= 4 is 68.2 Å². The number of ether oxygens (including phenoxy) is 3. The second-order valence-electron chi connectivity index (χ2n) is 13.5. The van der Waals surface area contributed by atoms with Gasteiger partial charge in [-0.2, -0.15) is 0 Å². The highest BCUT2D eigenvalue weighted by Gasteiger charge is 2.23. The van der Waals surface area contributed by atoms with E-state index in [4.69, 9.17) is 24.2 Å². The lowest BCUT2D eigenvalue weighted by Crippen LogP contribution is -2.05. The van der Waals surface area contributed by atoms with Gasteiger partial charge in [0.2, 0.25) is 0 Å². The van der Waals surface area contributed by atoms with Gasteiger partial charge in [0.15, 0.2) is 0 Å². The van der Waals surface area contributed by atoms with E-state index in [0.717, 1.165) is 66.6 Å². The summed E-state index contributed by atoms with van der Waals surface area (Å²) in [6, 6.07) is 7.85. The number of carbonyl (C=O) groups excluding carboxylic acids is 3. The molecule has 12 nitrogen and oxygen atoms in total. The Labute approximate surface area is 315 Å². The Balaban J connectivity index is 1.84. The predicted molar refractivity (Wildman–Crippen MR) is 208 cm³/mol. The number of aliphatic carboxylic acids is 1. The second kappa shape index (κ2) is 17.5. The molecule has 3 aromatic rings. The lowest BCUT2D eigenvalue weighted by molar-refractivity contribution is -0.143.